The Hall–Kier alpha value is -1.05. The standard InChI is InChI=1S/C11H18O2/c1-4-6-8-10(3)9-13-11(12)7-5-2/h4-5,7,10H,1,6,8-9H2,2-3H3/b7-5+/t10-/m0/s1. The molecule has 0 aromatic rings. The maximum atomic E-state index is 10.9. The number of carbonyl (C=O) groups excluding carboxylic acids is 1. The van der Waals surface area contributed by atoms with E-state index in [1.54, 1.807) is 13.0 Å². The lowest BCUT2D eigenvalue weighted by atomic mass is 10.1. The monoisotopic (exact) mass is 182 g/mol. The van der Waals surface area contributed by atoms with Gasteiger partial charge in [0.05, 0.1) is 6.61 Å². The molecule has 0 aliphatic carbocycles. The maximum Gasteiger partial charge on any atom is 0.330 e. The minimum Gasteiger partial charge on any atom is -0.462 e. The first-order valence-corrected chi connectivity index (χ1v) is 4.61. The lowest BCUT2D eigenvalue weighted by Gasteiger charge is -2.09. The SMILES string of the molecule is C=CCC[C@H](C)COC(=O)/C=C/C. The Labute approximate surface area is 80.3 Å². The summed E-state index contributed by atoms with van der Waals surface area (Å²) in [7, 11) is 0. The van der Waals surface area contributed by atoms with Crippen molar-refractivity contribution < 1.29 is 9.53 Å². The van der Waals surface area contributed by atoms with Crippen LogP contribution in [0.2, 0.25) is 0 Å². The van der Waals surface area contributed by atoms with E-state index in [0.29, 0.717) is 12.5 Å². The minimum atomic E-state index is -0.257. The van der Waals surface area contributed by atoms with E-state index in [1.807, 2.05) is 6.08 Å². The van der Waals surface area contributed by atoms with Crippen molar-refractivity contribution in [3.63, 3.8) is 0 Å². The second-order valence-corrected chi connectivity index (χ2v) is 3.10. The molecule has 74 valence electrons. The highest BCUT2D eigenvalue weighted by atomic mass is 16.5. The van der Waals surface area contributed by atoms with Gasteiger partial charge in [0.15, 0.2) is 0 Å². The Morgan fingerprint density at radius 3 is 2.85 bits per heavy atom. The lowest BCUT2D eigenvalue weighted by molar-refractivity contribution is -0.139. The highest BCUT2D eigenvalue weighted by molar-refractivity contribution is 5.81. The molecule has 0 amide bonds. The summed E-state index contributed by atoms with van der Waals surface area (Å²) in [5, 5.41) is 0. The summed E-state index contributed by atoms with van der Waals surface area (Å²) >= 11 is 0. The van der Waals surface area contributed by atoms with Crippen LogP contribution in [0.4, 0.5) is 0 Å². The van der Waals surface area contributed by atoms with Crippen LogP contribution in [0, 0.1) is 5.92 Å². The van der Waals surface area contributed by atoms with Gasteiger partial charge in [0.2, 0.25) is 0 Å². The second kappa shape index (κ2) is 7.59. The zero-order valence-electron chi connectivity index (χ0n) is 8.45. The van der Waals surface area contributed by atoms with Crippen LogP contribution in [0.25, 0.3) is 0 Å². The molecule has 0 heterocycles. The molecule has 13 heavy (non-hydrogen) atoms. The molecule has 0 aromatic heterocycles. The fourth-order valence-electron chi connectivity index (χ4n) is 0.894. The Bertz CT molecular complexity index is 183. The Kier molecular flexibility index (Phi) is 6.98. The van der Waals surface area contributed by atoms with Crippen molar-refractivity contribution >= 4 is 5.97 Å². The number of hydrogen-bond acceptors (Lipinski definition) is 2. The predicted molar refractivity (Wildman–Crippen MR) is 54.4 cm³/mol. The topological polar surface area (TPSA) is 26.3 Å². The molecule has 2 nitrogen and oxygen atoms in total. The molecule has 0 spiro atoms. The molecule has 0 rings (SSSR count). The summed E-state index contributed by atoms with van der Waals surface area (Å²) in [6, 6.07) is 0. The Morgan fingerprint density at radius 1 is 1.62 bits per heavy atom. The van der Waals surface area contributed by atoms with Crippen LogP contribution in [0.1, 0.15) is 26.7 Å². The van der Waals surface area contributed by atoms with Crippen LogP contribution in [0.5, 0.6) is 0 Å². The van der Waals surface area contributed by atoms with E-state index < -0.39 is 0 Å². The van der Waals surface area contributed by atoms with Crippen molar-refractivity contribution in [3.8, 4) is 0 Å². The lowest BCUT2D eigenvalue weighted by Crippen LogP contribution is -2.09. The van der Waals surface area contributed by atoms with E-state index in [2.05, 4.69) is 13.5 Å². The average molecular weight is 182 g/mol. The van der Waals surface area contributed by atoms with Crippen molar-refractivity contribution in [1.29, 1.82) is 0 Å². The van der Waals surface area contributed by atoms with Gasteiger partial charge in [-0.2, -0.15) is 0 Å². The largest absolute Gasteiger partial charge is 0.462 e. The molecule has 0 N–H and O–H groups in total. The van der Waals surface area contributed by atoms with Crippen molar-refractivity contribution in [1.82, 2.24) is 0 Å². The highest BCUT2D eigenvalue weighted by Crippen LogP contribution is 2.06. The first-order valence-electron chi connectivity index (χ1n) is 4.61. The first-order chi connectivity index (χ1) is 6.20. The van der Waals surface area contributed by atoms with Crippen LogP contribution in [0.15, 0.2) is 24.8 Å². The quantitative estimate of drug-likeness (QED) is 0.358. The zero-order valence-corrected chi connectivity index (χ0v) is 8.45. The molecule has 0 aliphatic rings. The summed E-state index contributed by atoms with van der Waals surface area (Å²) < 4.78 is 4.98. The molecular formula is C11H18O2. The van der Waals surface area contributed by atoms with E-state index in [4.69, 9.17) is 4.74 Å². The van der Waals surface area contributed by atoms with Gasteiger partial charge in [0, 0.05) is 6.08 Å². The van der Waals surface area contributed by atoms with Gasteiger partial charge < -0.3 is 4.74 Å². The molecule has 0 fully saturated rings. The number of esters is 1. The van der Waals surface area contributed by atoms with Crippen molar-refractivity contribution in [2.75, 3.05) is 6.61 Å². The second-order valence-electron chi connectivity index (χ2n) is 3.10. The molecule has 0 unspecified atom stereocenters. The molecule has 0 saturated carbocycles. The van der Waals surface area contributed by atoms with Gasteiger partial charge in [-0.15, -0.1) is 6.58 Å². The highest BCUT2D eigenvalue weighted by Gasteiger charge is 2.03. The summed E-state index contributed by atoms with van der Waals surface area (Å²) in [5.74, 6) is 0.153. The van der Waals surface area contributed by atoms with Gasteiger partial charge >= 0.3 is 5.97 Å². The van der Waals surface area contributed by atoms with E-state index in [9.17, 15) is 4.79 Å². The molecule has 0 aliphatic heterocycles. The minimum absolute atomic E-state index is 0.257. The third-order valence-electron chi connectivity index (χ3n) is 1.68. The van der Waals surface area contributed by atoms with Gasteiger partial charge in [-0.1, -0.05) is 19.1 Å². The normalized spacial score (nSPS) is 12.8. The molecule has 0 radical (unpaired) electrons. The summed E-state index contributed by atoms with van der Waals surface area (Å²) in [5.41, 5.74) is 0. The molecular weight excluding hydrogens is 164 g/mol. The molecule has 0 saturated heterocycles. The molecule has 0 bridgehead atoms. The van der Waals surface area contributed by atoms with E-state index in [0.717, 1.165) is 12.8 Å². The number of rotatable bonds is 6. The van der Waals surface area contributed by atoms with Crippen molar-refractivity contribution in [2.45, 2.75) is 26.7 Å². The van der Waals surface area contributed by atoms with Gasteiger partial charge in [0.1, 0.15) is 0 Å². The summed E-state index contributed by atoms with van der Waals surface area (Å²) in [6.07, 6.45) is 6.98. The number of hydrogen-bond donors (Lipinski definition) is 0. The van der Waals surface area contributed by atoms with Crippen molar-refractivity contribution in [2.24, 2.45) is 5.92 Å². The third kappa shape index (κ3) is 7.32. The van der Waals surface area contributed by atoms with E-state index in [-0.39, 0.29) is 5.97 Å². The van der Waals surface area contributed by atoms with Crippen LogP contribution >= 0.6 is 0 Å². The maximum absolute atomic E-state index is 10.9. The average Bonchev–Trinajstić information content (AvgIpc) is 2.12. The fraction of sp³-hybridized carbons (Fsp3) is 0.545. The molecule has 1 atom stereocenters. The molecule has 0 aromatic carbocycles. The van der Waals surface area contributed by atoms with E-state index in [1.165, 1.54) is 6.08 Å². The van der Waals surface area contributed by atoms with Crippen LogP contribution in [-0.4, -0.2) is 12.6 Å². The van der Waals surface area contributed by atoms with E-state index >= 15 is 0 Å². The smallest absolute Gasteiger partial charge is 0.330 e. The van der Waals surface area contributed by atoms with Crippen LogP contribution in [0.3, 0.4) is 0 Å². The van der Waals surface area contributed by atoms with Gasteiger partial charge in [-0.25, -0.2) is 4.79 Å². The van der Waals surface area contributed by atoms with Crippen LogP contribution < -0.4 is 0 Å². The predicted octanol–water partition coefficient (Wildman–Crippen LogP) is 2.71. The number of ether oxygens (including phenoxy) is 1. The molecule has 2 heteroatoms. The van der Waals surface area contributed by atoms with Crippen molar-refractivity contribution in [3.05, 3.63) is 24.8 Å². The van der Waals surface area contributed by atoms with Crippen LogP contribution in [-0.2, 0) is 9.53 Å². The zero-order chi connectivity index (χ0) is 10.1. The van der Waals surface area contributed by atoms with Gasteiger partial charge in [0.25, 0.3) is 0 Å². The van der Waals surface area contributed by atoms with Gasteiger partial charge in [-0.05, 0) is 25.7 Å². The Balaban J connectivity index is 3.50. The Morgan fingerprint density at radius 2 is 2.31 bits per heavy atom. The number of carbonyl (C=O) groups is 1. The van der Waals surface area contributed by atoms with Gasteiger partial charge in [-0.3, -0.25) is 0 Å². The third-order valence-corrected chi connectivity index (χ3v) is 1.68. The summed E-state index contributed by atoms with van der Waals surface area (Å²) in [6.45, 7) is 7.99. The summed E-state index contributed by atoms with van der Waals surface area (Å²) in [4.78, 5) is 10.9. The number of allylic oxidation sites excluding steroid dienone is 2. The first kappa shape index (κ1) is 11.9. The fourth-order valence-corrected chi connectivity index (χ4v) is 0.894.